The minimum Gasteiger partial charge on any atom is -0.273 e. The molecule has 0 bridgehead atoms. The number of anilines is 1. The van der Waals surface area contributed by atoms with Crippen molar-refractivity contribution in [1.82, 2.24) is 0 Å². The van der Waals surface area contributed by atoms with Gasteiger partial charge in [0.1, 0.15) is 0 Å². The molecule has 3 nitrogen and oxygen atoms in total. The minimum atomic E-state index is 0.121. The molecule has 0 N–H and O–H groups in total. The van der Waals surface area contributed by atoms with Gasteiger partial charge in [0.2, 0.25) is 5.91 Å². The van der Waals surface area contributed by atoms with E-state index in [0.717, 1.165) is 22.8 Å². The Morgan fingerprint density at radius 1 is 1.47 bits per heavy atom. The van der Waals surface area contributed by atoms with Crippen LogP contribution in [0.25, 0.3) is 0 Å². The summed E-state index contributed by atoms with van der Waals surface area (Å²) in [6, 6.07) is 6.24. The third-order valence-electron chi connectivity index (χ3n) is 2.82. The van der Waals surface area contributed by atoms with E-state index in [2.05, 4.69) is 30.1 Å². The zero-order valence-electron chi connectivity index (χ0n) is 10.4. The maximum atomic E-state index is 11.9. The Morgan fingerprint density at radius 2 is 2.24 bits per heavy atom. The minimum absolute atomic E-state index is 0.121. The summed E-state index contributed by atoms with van der Waals surface area (Å²) in [7, 11) is 1.73. The van der Waals surface area contributed by atoms with Gasteiger partial charge in [0, 0.05) is 7.05 Å². The van der Waals surface area contributed by atoms with E-state index in [-0.39, 0.29) is 5.91 Å². The predicted molar refractivity (Wildman–Crippen MR) is 73.9 cm³/mol. The number of aryl methyl sites for hydroxylation is 2. The Labute approximate surface area is 106 Å². The van der Waals surface area contributed by atoms with Crippen molar-refractivity contribution in [2.45, 2.75) is 20.3 Å². The normalized spacial score (nSPS) is 18.2. The summed E-state index contributed by atoms with van der Waals surface area (Å²) >= 11 is 1.50. The van der Waals surface area contributed by atoms with Crippen molar-refractivity contribution in [3.05, 3.63) is 29.3 Å². The summed E-state index contributed by atoms with van der Waals surface area (Å²) in [5, 5.41) is 0.801. The number of carbonyl (C=O) groups is 1. The quantitative estimate of drug-likeness (QED) is 0.806. The molecule has 0 saturated carbocycles. The first-order valence-corrected chi connectivity index (χ1v) is 6.68. The molecule has 1 aliphatic rings. The topological polar surface area (TPSA) is 32.7 Å². The van der Waals surface area contributed by atoms with Crippen molar-refractivity contribution in [3.63, 3.8) is 0 Å². The third kappa shape index (κ3) is 2.22. The number of amidine groups is 1. The maximum absolute atomic E-state index is 11.9. The lowest BCUT2D eigenvalue weighted by Crippen LogP contribution is -2.30. The SMILES string of the molecule is CCc1ccc(C)cc1N1C(=O)CSC1=NC. The number of carbonyl (C=O) groups excluding carboxylic acids is 1. The Balaban J connectivity index is 2.51. The lowest BCUT2D eigenvalue weighted by Gasteiger charge is -2.19. The first-order chi connectivity index (χ1) is 8.17. The summed E-state index contributed by atoms with van der Waals surface area (Å²) in [5.41, 5.74) is 3.34. The largest absolute Gasteiger partial charge is 0.273 e. The standard InChI is InChI=1S/C13H16N2OS/c1-4-10-6-5-9(2)7-11(10)15-12(16)8-17-13(15)14-3/h5-7H,4,8H2,1-3H3. The van der Waals surface area contributed by atoms with E-state index in [1.54, 1.807) is 11.9 Å². The van der Waals surface area contributed by atoms with Crippen LogP contribution >= 0.6 is 11.8 Å². The van der Waals surface area contributed by atoms with Crippen LogP contribution in [0.3, 0.4) is 0 Å². The van der Waals surface area contributed by atoms with Gasteiger partial charge >= 0.3 is 0 Å². The monoisotopic (exact) mass is 248 g/mol. The van der Waals surface area contributed by atoms with E-state index in [9.17, 15) is 4.79 Å². The number of aliphatic imine (C=N–C) groups is 1. The van der Waals surface area contributed by atoms with Crippen molar-refractivity contribution in [1.29, 1.82) is 0 Å². The van der Waals surface area contributed by atoms with Crippen molar-refractivity contribution >= 4 is 28.5 Å². The average Bonchev–Trinajstić information content (AvgIpc) is 2.70. The van der Waals surface area contributed by atoms with Crippen LogP contribution in [0.2, 0.25) is 0 Å². The van der Waals surface area contributed by atoms with Gasteiger partial charge in [-0.3, -0.25) is 14.7 Å². The smallest absolute Gasteiger partial charge is 0.243 e. The van der Waals surface area contributed by atoms with Gasteiger partial charge in [0.25, 0.3) is 0 Å². The van der Waals surface area contributed by atoms with Gasteiger partial charge in [-0.05, 0) is 30.5 Å². The Kier molecular flexibility index (Phi) is 3.52. The number of nitrogens with zero attached hydrogens (tertiary/aromatic N) is 2. The first kappa shape index (κ1) is 12.2. The molecule has 1 saturated heterocycles. The Bertz CT molecular complexity index is 482. The highest BCUT2D eigenvalue weighted by Crippen LogP contribution is 2.30. The summed E-state index contributed by atoms with van der Waals surface area (Å²) in [5.74, 6) is 0.611. The summed E-state index contributed by atoms with van der Waals surface area (Å²) in [6.07, 6.45) is 0.918. The molecule has 17 heavy (non-hydrogen) atoms. The molecule has 90 valence electrons. The molecule has 0 atom stereocenters. The molecule has 2 rings (SSSR count). The third-order valence-corrected chi connectivity index (χ3v) is 3.83. The van der Waals surface area contributed by atoms with Gasteiger partial charge in [-0.2, -0.15) is 0 Å². The van der Waals surface area contributed by atoms with Crippen LogP contribution < -0.4 is 4.90 Å². The van der Waals surface area contributed by atoms with Crippen molar-refractivity contribution in [3.8, 4) is 0 Å². The van der Waals surface area contributed by atoms with E-state index in [4.69, 9.17) is 0 Å². The maximum Gasteiger partial charge on any atom is 0.243 e. The number of rotatable bonds is 2. The highest BCUT2D eigenvalue weighted by molar-refractivity contribution is 8.15. The van der Waals surface area contributed by atoms with Gasteiger partial charge in [-0.1, -0.05) is 30.8 Å². The van der Waals surface area contributed by atoms with E-state index in [1.165, 1.54) is 17.3 Å². The van der Waals surface area contributed by atoms with Crippen molar-refractivity contribution in [2.75, 3.05) is 17.7 Å². The van der Waals surface area contributed by atoms with Crippen LogP contribution in [0, 0.1) is 6.92 Å². The number of hydrogen-bond donors (Lipinski definition) is 0. The molecule has 1 aromatic rings. The summed E-state index contributed by atoms with van der Waals surface area (Å²) in [6.45, 7) is 4.14. The van der Waals surface area contributed by atoms with Crippen LogP contribution in [0.15, 0.2) is 23.2 Å². The van der Waals surface area contributed by atoms with Gasteiger partial charge in [-0.25, -0.2) is 0 Å². The molecule has 1 amide bonds. The zero-order valence-corrected chi connectivity index (χ0v) is 11.2. The van der Waals surface area contributed by atoms with Crippen LogP contribution in [0.4, 0.5) is 5.69 Å². The number of benzene rings is 1. The summed E-state index contributed by atoms with van der Waals surface area (Å²) in [4.78, 5) is 17.9. The molecule has 4 heteroatoms. The second-order valence-electron chi connectivity index (χ2n) is 4.01. The lowest BCUT2D eigenvalue weighted by molar-refractivity contribution is -0.115. The zero-order chi connectivity index (χ0) is 12.4. The van der Waals surface area contributed by atoms with Crippen LogP contribution in [-0.4, -0.2) is 23.9 Å². The first-order valence-electron chi connectivity index (χ1n) is 5.69. The molecule has 1 heterocycles. The van der Waals surface area contributed by atoms with E-state index in [0.29, 0.717) is 5.75 Å². The molecule has 0 aliphatic carbocycles. The molecule has 1 aliphatic heterocycles. The van der Waals surface area contributed by atoms with Gasteiger partial charge < -0.3 is 0 Å². The molecular weight excluding hydrogens is 232 g/mol. The second kappa shape index (κ2) is 4.92. The van der Waals surface area contributed by atoms with Crippen molar-refractivity contribution < 1.29 is 4.79 Å². The number of hydrogen-bond acceptors (Lipinski definition) is 3. The molecule has 0 aromatic heterocycles. The molecular formula is C13H16N2OS. The fourth-order valence-electron chi connectivity index (χ4n) is 1.95. The Morgan fingerprint density at radius 3 is 2.88 bits per heavy atom. The predicted octanol–water partition coefficient (Wildman–Crippen LogP) is 2.62. The highest BCUT2D eigenvalue weighted by Gasteiger charge is 2.30. The summed E-state index contributed by atoms with van der Waals surface area (Å²) < 4.78 is 0. The molecule has 0 radical (unpaired) electrons. The van der Waals surface area contributed by atoms with E-state index >= 15 is 0 Å². The highest BCUT2D eigenvalue weighted by atomic mass is 32.2. The molecule has 1 aromatic carbocycles. The molecule has 1 fully saturated rings. The van der Waals surface area contributed by atoms with Crippen LogP contribution in [0.1, 0.15) is 18.1 Å². The fraction of sp³-hybridized carbons (Fsp3) is 0.385. The number of thioether (sulfide) groups is 1. The van der Waals surface area contributed by atoms with Crippen LogP contribution in [0.5, 0.6) is 0 Å². The fourth-order valence-corrected chi connectivity index (χ4v) is 2.79. The number of amides is 1. The molecule has 0 spiro atoms. The van der Waals surface area contributed by atoms with E-state index in [1.807, 2.05) is 6.92 Å². The Hall–Kier alpha value is -1.29. The lowest BCUT2D eigenvalue weighted by atomic mass is 10.1. The van der Waals surface area contributed by atoms with Crippen LogP contribution in [-0.2, 0) is 11.2 Å². The van der Waals surface area contributed by atoms with E-state index < -0.39 is 0 Å². The van der Waals surface area contributed by atoms with Gasteiger partial charge in [0.05, 0.1) is 11.4 Å². The molecule has 0 unspecified atom stereocenters. The van der Waals surface area contributed by atoms with Crippen molar-refractivity contribution in [2.24, 2.45) is 4.99 Å². The second-order valence-corrected chi connectivity index (χ2v) is 4.95. The van der Waals surface area contributed by atoms with Gasteiger partial charge in [0.15, 0.2) is 5.17 Å². The van der Waals surface area contributed by atoms with Gasteiger partial charge in [-0.15, -0.1) is 0 Å². The average molecular weight is 248 g/mol.